The van der Waals surface area contributed by atoms with E-state index in [0.717, 1.165) is 0 Å². The van der Waals surface area contributed by atoms with Gasteiger partial charge in [-0.1, -0.05) is 32.9 Å². The van der Waals surface area contributed by atoms with Gasteiger partial charge in [-0.15, -0.1) is 0 Å². The van der Waals surface area contributed by atoms with Gasteiger partial charge in [0.05, 0.1) is 0 Å². The fraction of sp³-hybridized carbons (Fsp3) is 1.00. The molecule has 1 saturated heterocycles. The summed E-state index contributed by atoms with van der Waals surface area (Å²) in [5.41, 5.74) is 0. The Hall–Kier alpha value is 0.394. The third kappa shape index (κ3) is 2.71. The van der Waals surface area contributed by atoms with Crippen LogP contribution in [0.3, 0.4) is 0 Å². The summed E-state index contributed by atoms with van der Waals surface area (Å²) in [5.74, 6) is 0. The van der Waals surface area contributed by atoms with Crippen LogP contribution < -0.4 is 0 Å². The fourth-order valence-electron chi connectivity index (χ4n) is 2.26. The highest BCUT2D eigenvalue weighted by atomic mass is 28.4. The summed E-state index contributed by atoms with van der Waals surface area (Å²) in [7, 11) is -0.808. The molecule has 0 N–H and O–H groups in total. The second kappa shape index (κ2) is 5.19. The predicted octanol–water partition coefficient (Wildman–Crippen LogP) is 2.20. The third-order valence-corrected chi connectivity index (χ3v) is 11.5. The molecule has 0 aromatic carbocycles. The molecular weight excluding hydrogens is 178 g/mol. The average molecular weight is 201 g/mol. The lowest BCUT2D eigenvalue weighted by molar-refractivity contribution is 0.575. The second-order valence-electron chi connectivity index (χ2n) is 4.22. The minimum atomic E-state index is -0.404. The van der Waals surface area contributed by atoms with Crippen molar-refractivity contribution >= 4 is 17.9 Å². The topological polar surface area (TPSA) is 3.24 Å². The van der Waals surface area contributed by atoms with Crippen molar-refractivity contribution in [1.82, 2.24) is 4.23 Å². The first-order valence-corrected chi connectivity index (χ1v) is 10.5. The molecule has 1 fully saturated rings. The van der Waals surface area contributed by atoms with E-state index >= 15 is 0 Å². The average Bonchev–Trinajstić information content (AvgIpc) is 2.04. The maximum Gasteiger partial charge on any atom is 0.101 e. The van der Waals surface area contributed by atoms with Crippen LogP contribution in [0.5, 0.6) is 0 Å². The fourth-order valence-corrected chi connectivity index (χ4v) is 10.7. The summed E-state index contributed by atoms with van der Waals surface area (Å²) in [4.78, 5) is 0. The summed E-state index contributed by atoms with van der Waals surface area (Å²) in [6.45, 7) is 8.86. The van der Waals surface area contributed by atoms with E-state index in [1.807, 2.05) is 0 Å². The smallest absolute Gasteiger partial charge is 0.101 e. The predicted molar refractivity (Wildman–Crippen MR) is 61.9 cm³/mol. The van der Waals surface area contributed by atoms with Crippen LogP contribution in [-0.4, -0.2) is 28.7 Å². The molecule has 72 valence electrons. The molecule has 0 spiro atoms. The summed E-state index contributed by atoms with van der Waals surface area (Å²) in [6.07, 6.45) is 4.37. The van der Waals surface area contributed by atoms with Crippen molar-refractivity contribution in [3.8, 4) is 0 Å². The number of rotatable bonds is 3. The standard InChI is InChI=1S/C9H23NSi2/c1-4-5-7-10-11(2)8-6-9-12(10)3/h11-12H,4-9H2,1-3H3. The molecule has 2 unspecified atom stereocenters. The molecule has 1 nitrogen and oxygen atoms in total. The molecule has 0 bridgehead atoms. The first-order chi connectivity index (χ1) is 5.75. The molecule has 2 atom stereocenters. The van der Waals surface area contributed by atoms with Crippen LogP contribution in [-0.2, 0) is 0 Å². The van der Waals surface area contributed by atoms with Gasteiger partial charge in [0.2, 0.25) is 0 Å². The van der Waals surface area contributed by atoms with Crippen molar-refractivity contribution in [3.05, 3.63) is 0 Å². The van der Waals surface area contributed by atoms with Gasteiger partial charge in [0.1, 0.15) is 17.9 Å². The Morgan fingerprint density at radius 3 is 2.25 bits per heavy atom. The Labute approximate surface area is 80.5 Å². The van der Waals surface area contributed by atoms with Gasteiger partial charge >= 0.3 is 0 Å². The van der Waals surface area contributed by atoms with Gasteiger partial charge in [-0.3, -0.25) is 0 Å². The highest BCUT2D eigenvalue weighted by Gasteiger charge is 2.25. The highest BCUT2D eigenvalue weighted by Crippen LogP contribution is 2.19. The molecule has 0 saturated carbocycles. The quantitative estimate of drug-likeness (QED) is 0.633. The first-order valence-electron chi connectivity index (χ1n) is 5.51. The van der Waals surface area contributed by atoms with E-state index in [-0.39, 0.29) is 0 Å². The van der Waals surface area contributed by atoms with Gasteiger partial charge in [-0.2, -0.15) is 0 Å². The molecule has 0 aromatic heterocycles. The normalized spacial score (nSPS) is 32.2. The van der Waals surface area contributed by atoms with Crippen LogP contribution in [0.1, 0.15) is 26.2 Å². The third-order valence-electron chi connectivity index (χ3n) is 3.15. The lowest BCUT2D eigenvalue weighted by atomic mass is 10.3. The molecule has 0 aliphatic carbocycles. The zero-order chi connectivity index (χ0) is 8.97. The minimum Gasteiger partial charge on any atom is -0.350 e. The van der Waals surface area contributed by atoms with Crippen molar-refractivity contribution in [2.45, 2.75) is 51.4 Å². The van der Waals surface area contributed by atoms with E-state index in [0.29, 0.717) is 0 Å². The van der Waals surface area contributed by atoms with Crippen molar-refractivity contribution in [2.75, 3.05) is 6.54 Å². The van der Waals surface area contributed by atoms with Crippen molar-refractivity contribution in [2.24, 2.45) is 0 Å². The summed E-state index contributed by atoms with van der Waals surface area (Å²) in [6, 6.07) is 3.17. The first kappa shape index (κ1) is 10.5. The van der Waals surface area contributed by atoms with Crippen LogP contribution in [0.4, 0.5) is 0 Å². The monoisotopic (exact) mass is 201 g/mol. The largest absolute Gasteiger partial charge is 0.350 e. The lowest BCUT2D eigenvalue weighted by Gasteiger charge is -2.37. The van der Waals surface area contributed by atoms with Crippen LogP contribution in [0.2, 0.25) is 25.2 Å². The zero-order valence-corrected chi connectivity index (χ0v) is 11.2. The Kier molecular flexibility index (Phi) is 4.53. The van der Waals surface area contributed by atoms with Gasteiger partial charge in [0, 0.05) is 0 Å². The summed E-state index contributed by atoms with van der Waals surface area (Å²) < 4.78 is 2.97. The Balaban J connectivity index is 2.34. The van der Waals surface area contributed by atoms with Crippen LogP contribution in [0, 0.1) is 0 Å². The number of nitrogens with zero attached hydrogens (tertiary/aromatic N) is 1. The van der Waals surface area contributed by atoms with Crippen LogP contribution in [0.15, 0.2) is 0 Å². The van der Waals surface area contributed by atoms with Gasteiger partial charge < -0.3 is 4.23 Å². The molecule has 0 amide bonds. The van der Waals surface area contributed by atoms with Crippen LogP contribution in [0.25, 0.3) is 0 Å². The van der Waals surface area contributed by atoms with E-state index in [9.17, 15) is 0 Å². The molecule has 3 heteroatoms. The van der Waals surface area contributed by atoms with Crippen molar-refractivity contribution in [1.29, 1.82) is 0 Å². The number of hydrogen-bond acceptors (Lipinski definition) is 1. The van der Waals surface area contributed by atoms with Crippen molar-refractivity contribution < 1.29 is 0 Å². The van der Waals surface area contributed by atoms with Gasteiger partial charge in [-0.05, 0) is 25.1 Å². The number of hydrogen-bond donors (Lipinski definition) is 0. The van der Waals surface area contributed by atoms with E-state index in [2.05, 4.69) is 24.2 Å². The number of unbranched alkanes of at least 4 members (excludes halogenated alkanes) is 1. The lowest BCUT2D eigenvalue weighted by Crippen LogP contribution is -2.49. The SMILES string of the molecule is CCCCN1[SiH](C)CCC[SiH]1C. The molecule has 0 radical (unpaired) electrons. The van der Waals surface area contributed by atoms with Gasteiger partial charge in [-0.25, -0.2) is 0 Å². The molecule has 1 rings (SSSR count). The van der Waals surface area contributed by atoms with E-state index in [4.69, 9.17) is 0 Å². The molecule has 1 aliphatic rings. The summed E-state index contributed by atoms with van der Waals surface area (Å²) >= 11 is 0. The maximum absolute atomic E-state index is 2.97. The van der Waals surface area contributed by atoms with Gasteiger partial charge in [0.25, 0.3) is 0 Å². The Bertz CT molecular complexity index is 120. The van der Waals surface area contributed by atoms with Gasteiger partial charge in [0.15, 0.2) is 0 Å². The molecule has 1 heterocycles. The Morgan fingerprint density at radius 1 is 1.17 bits per heavy atom. The van der Waals surface area contributed by atoms with Crippen molar-refractivity contribution in [3.63, 3.8) is 0 Å². The second-order valence-corrected chi connectivity index (χ2v) is 10.7. The molecular formula is C9H23NSi2. The Morgan fingerprint density at radius 2 is 1.75 bits per heavy atom. The molecule has 0 aromatic rings. The van der Waals surface area contributed by atoms with E-state index in [1.165, 1.54) is 19.4 Å². The highest BCUT2D eigenvalue weighted by molar-refractivity contribution is 6.72. The zero-order valence-electron chi connectivity index (χ0n) is 8.84. The summed E-state index contributed by atoms with van der Waals surface area (Å²) in [5, 5.41) is 0. The molecule has 12 heavy (non-hydrogen) atoms. The van der Waals surface area contributed by atoms with E-state index in [1.54, 1.807) is 18.5 Å². The molecule has 1 aliphatic heterocycles. The maximum atomic E-state index is 2.97. The van der Waals surface area contributed by atoms with Crippen LogP contribution >= 0.6 is 0 Å². The van der Waals surface area contributed by atoms with E-state index < -0.39 is 17.9 Å². The minimum absolute atomic E-state index is 0.404.